The van der Waals surface area contributed by atoms with E-state index >= 15 is 0 Å². The SMILES string of the molecule is CC(=O)NC(=Cc1ccc2c(c1)OCO2)C(=O)NCC(=O)O. The first-order chi connectivity index (χ1) is 10.5. The third-order valence-corrected chi connectivity index (χ3v) is 2.66. The van der Waals surface area contributed by atoms with Gasteiger partial charge in [0.25, 0.3) is 5.91 Å². The summed E-state index contributed by atoms with van der Waals surface area (Å²) in [5.74, 6) is -1.21. The van der Waals surface area contributed by atoms with Crippen LogP contribution in [0.25, 0.3) is 6.08 Å². The molecule has 0 spiro atoms. The van der Waals surface area contributed by atoms with Crippen molar-refractivity contribution in [3.8, 4) is 11.5 Å². The molecule has 2 rings (SSSR count). The third kappa shape index (κ3) is 3.98. The lowest BCUT2D eigenvalue weighted by atomic mass is 10.1. The van der Waals surface area contributed by atoms with E-state index in [2.05, 4.69) is 10.6 Å². The molecule has 3 N–H and O–H groups in total. The second kappa shape index (κ2) is 6.61. The Hall–Kier alpha value is -3.03. The number of carbonyl (C=O) groups is 3. The Morgan fingerprint density at radius 3 is 2.68 bits per heavy atom. The normalized spacial score (nSPS) is 12.7. The van der Waals surface area contributed by atoms with Crippen LogP contribution >= 0.6 is 0 Å². The van der Waals surface area contributed by atoms with Crippen LogP contribution in [0.15, 0.2) is 23.9 Å². The van der Waals surface area contributed by atoms with E-state index in [-0.39, 0.29) is 12.5 Å². The third-order valence-electron chi connectivity index (χ3n) is 2.66. The maximum atomic E-state index is 11.9. The standard InChI is InChI=1S/C14H14N2O6/c1-8(17)16-10(14(20)15-6-13(18)19)4-9-2-3-11-12(5-9)22-7-21-11/h2-5H,6-7H2,1H3,(H,15,20)(H,16,17)(H,18,19). The summed E-state index contributed by atoms with van der Waals surface area (Å²) in [5, 5.41) is 13.1. The van der Waals surface area contributed by atoms with Gasteiger partial charge in [-0.1, -0.05) is 6.07 Å². The van der Waals surface area contributed by atoms with Gasteiger partial charge in [-0.25, -0.2) is 0 Å². The molecule has 1 aromatic rings. The van der Waals surface area contributed by atoms with Crippen LogP contribution < -0.4 is 20.1 Å². The minimum Gasteiger partial charge on any atom is -0.480 e. The Labute approximate surface area is 125 Å². The van der Waals surface area contributed by atoms with Crippen LogP contribution in [0, 0.1) is 0 Å². The number of benzene rings is 1. The molecule has 116 valence electrons. The second-order valence-electron chi connectivity index (χ2n) is 4.43. The number of carboxylic acid groups (broad SMARTS) is 1. The summed E-state index contributed by atoms with van der Waals surface area (Å²) in [6.45, 7) is 0.828. The van der Waals surface area contributed by atoms with E-state index in [1.165, 1.54) is 13.0 Å². The van der Waals surface area contributed by atoms with Crippen LogP contribution in [0.4, 0.5) is 0 Å². The zero-order valence-corrected chi connectivity index (χ0v) is 11.7. The van der Waals surface area contributed by atoms with Gasteiger partial charge in [-0.05, 0) is 23.8 Å². The molecule has 1 aliphatic rings. The maximum absolute atomic E-state index is 11.9. The average molecular weight is 306 g/mol. The van der Waals surface area contributed by atoms with Crippen molar-refractivity contribution < 1.29 is 29.0 Å². The van der Waals surface area contributed by atoms with E-state index in [0.29, 0.717) is 17.1 Å². The van der Waals surface area contributed by atoms with Crippen molar-refractivity contribution in [3.05, 3.63) is 29.5 Å². The molecule has 8 nitrogen and oxygen atoms in total. The molecule has 0 aromatic heterocycles. The number of hydrogen-bond donors (Lipinski definition) is 3. The Balaban J connectivity index is 2.21. The number of carboxylic acids is 1. The van der Waals surface area contributed by atoms with Gasteiger partial charge < -0.3 is 25.2 Å². The van der Waals surface area contributed by atoms with Crippen LogP contribution in [0.3, 0.4) is 0 Å². The molecule has 22 heavy (non-hydrogen) atoms. The quantitative estimate of drug-likeness (QED) is 0.664. The lowest BCUT2D eigenvalue weighted by Gasteiger charge is -2.08. The molecule has 0 saturated carbocycles. The van der Waals surface area contributed by atoms with E-state index in [1.54, 1.807) is 18.2 Å². The van der Waals surface area contributed by atoms with Gasteiger partial charge in [-0.2, -0.15) is 0 Å². The van der Waals surface area contributed by atoms with Crippen LogP contribution in [-0.2, 0) is 14.4 Å². The predicted octanol–water partition coefficient (Wildman–Crippen LogP) is 0.0931. The number of rotatable bonds is 5. The fourth-order valence-corrected chi connectivity index (χ4v) is 1.77. The first-order valence-electron chi connectivity index (χ1n) is 6.34. The Morgan fingerprint density at radius 2 is 2.00 bits per heavy atom. The molecular weight excluding hydrogens is 292 g/mol. The highest BCUT2D eigenvalue weighted by Gasteiger charge is 2.15. The smallest absolute Gasteiger partial charge is 0.322 e. The van der Waals surface area contributed by atoms with Gasteiger partial charge in [-0.3, -0.25) is 14.4 Å². The zero-order valence-electron chi connectivity index (χ0n) is 11.7. The van der Waals surface area contributed by atoms with Gasteiger partial charge in [0.15, 0.2) is 11.5 Å². The van der Waals surface area contributed by atoms with E-state index < -0.39 is 24.3 Å². The van der Waals surface area contributed by atoms with Crippen molar-refractivity contribution in [1.29, 1.82) is 0 Å². The molecule has 0 bridgehead atoms. The van der Waals surface area contributed by atoms with Crippen LogP contribution in [0.2, 0.25) is 0 Å². The summed E-state index contributed by atoms with van der Waals surface area (Å²) in [5.41, 5.74) is 0.533. The average Bonchev–Trinajstić information content (AvgIpc) is 2.91. The minimum atomic E-state index is -1.18. The number of carbonyl (C=O) groups excluding carboxylic acids is 2. The van der Waals surface area contributed by atoms with Crippen molar-refractivity contribution in [2.75, 3.05) is 13.3 Å². The highest BCUT2D eigenvalue weighted by atomic mass is 16.7. The summed E-state index contributed by atoms with van der Waals surface area (Å²) in [6.07, 6.45) is 1.42. The number of ether oxygens (including phenoxy) is 2. The Morgan fingerprint density at radius 1 is 1.27 bits per heavy atom. The highest BCUT2D eigenvalue weighted by Crippen LogP contribution is 2.32. The van der Waals surface area contributed by atoms with Gasteiger partial charge in [0.2, 0.25) is 12.7 Å². The summed E-state index contributed by atoms with van der Waals surface area (Å²) in [7, 11) is 0. The van der Waals surface area contributed by atoms with Gasteiger partial charge in [-0.15, -0.1) is 0 Å². The molecule has 0 aliphatic carbocycles. The lowest BCUT2D eigenvalue weighted by molar-refractivity contribution is -0.137. The van der Waals surface area contributed by atoms with E-state index in [4.69, 9.17) is 14.6 Å². The fraction of sp³-hybridized carbons (Fsp3) is 0.214. The zero-order chi connectivity index (χ0) is 16.1. The molecule has 1 heterocycles. The molecule has 8 heteroatoms. The molecule has 1 aliphatic heterocycles. The summed E-state index contributed by atoms with van der Waals surface area (Å²) >= 11 is 0. The first-order valence-corrected chi connectivity index (χ1v) is 6.34. The topological polar surface area (TPSA) is 114 Å². The van der Waals surface area contributed by atoms with E-state index in [9.17, 15) is 14.4 Å². The number of hydrogen-bond acceptors (Lipinski definition) is 5. The summed E-state index contributed by atoms with van der Waals surface area (Å²) < 4.78 is 10.4. The van der Waals surface area contributed by atoms with Crippen LogP contribution in [-0.4, -0.2) is 36.2 Å². The number of aliphatic carboxylic acids is 1. The van der Waals surface area contributed by atoms with Crippen LogP contribution in [0.5, 0.6) is 11.5 Å². The second-order valence-corrected chi connectivity index (χ2v) is 4.43. The number of amides is 2. The minimum absolute atomic E-state index is 0.0624. The summed E-state index contributed by atoms with van der Waals surface area (Å²) in [6, 6.07) is 5.00. The molecule has 0 unspecified atom stereocenters. The predicted molar refractivity (Wildman–Crippen MR) is 75.0 cm³/mol. The van der Waals surface area contributed by atoms with Crippen LogP contribution in [0.1, 0.15) is 12.5 Å². The molecule has 0 atom stereocenters. The molecule has 0 radical (unpaired) electrons. The van der Waals surface area contributed by atoms with Gasteiger partial charge >= 0.3 is 5.97 Å². The molecule has 0 fully saturated rings. The monoisotopic (exact) mass is 306 g/mol. The van der Waals surface area contributed by atoms with Crippen molar-refractivity contribution in [1.82, 2.24) is 10.6 Å². The van der Waals surface area contributed by atoms with E-state index in [0.717, 1.165) is 0 Å². The van der Waals surface area contributed by atoms with Crippen molar-refractivity contribution in [3.63, 3.8) is 0 Å². The molecular formula is C14H14N2O6. The highest BCUT2D eigenvalue weighted by molar-refractivity contribution is 6.01. The summed E-state index contributed by atoms with van der Waals surface area (Å²) in [4.78, 5) is 33.6. The van der Waals surface area contributed by atoms with Gasteiger partial charge in [0.05, 0.1) is 0 Å². The first kappa shape index (κ1) is 15.4. The number of fused-ring (bicyclic) bond motifs is 1. The molecule has 2 amide bonds. The van der Waals surface area contributed by atoms with Crippen molar-refractivity contribution in [2.45, 2.75) is 6.92 Å². The van der Waals surface area contributed by atoms with Crippen molar-refractivity contribution in [2.24, 2.45) is 0 Å². The van der Waals surface area contributed by atoms with Crippen molar-refractivity contribution >= 4 is 23.9 Å². The number of nitrogens with one attached hydrogen (secondary N) is 2. The largest absolute Gasteiger partial charge is 0.480 e. The molecule has 0 saturated heterocycles. The fourth-order valence-electron chi connectivity index (χ4n) is 1.77. The Kier molecular flexibility index (Phi) is 4.62. The Bertz CT molecular complexity index is 653. The van der Waals surface area contributed by atoms with Gasteiger partial charge in [0.1, 0.15) is 12.2 Å². The van der Waals surface area contributed by atoms with Gasteiger partial charge in [0, 0.05) is 6.92 Å². The van der Waals surface area contributed by atoms with E-state index in [1.807, 2.05) is 0 Å². The lowest BCUT2D eigenvalue weighted by Crippen LogP contribution is -2.36. The maximum Gasteiger partial charge on any atom is 0.322 e. The molecule has 1 aromatic carbocycles.